The summed E-state index contributed by atoms with van der Waals surface area (Å²) in [6.07, 6.45) is 17.9. The summed E-state index contributed by atoms with van der Waals surface area (Å²) in [5.41, 5.74) is 0. The van der Waals surface area contributed by atoms with Crippen LogP contribution in [0.5, 0.6) is 0 Å². The molecule has 0 aromatic carbocycles. The standard InChI is InChI=1S/C16H36P.C3H6O3/c1-5-9-13-17(14-10-6-2,15-11-7-3)16-12-8-4;1-6-2-3(4)5/h5-16H2,1-4H3;2H2,1H3,(H,4,5)/q+1;/p-1. The molecule has 0 rings (SSSR count). The molecule has 0 amide bonds. The second-order valence-corrected chi connectivity index (χ2v) is 10.9. The number of carbonyl (C=O) groups is 1. The molecule has 3 nitrogen and oxygen atoms in total. The molecule has 23 heavy (non-hydrogen) atoms. The van der Waals surface area contributed by atoms with Crippen molar-refractivity contribution in [3.8, 4) is 0 Å². The number of rotatable bonds is 14. The Balaban J connectivity index is 0. The molecule has 0 aromatic heterocycles. The fourth-order valence-corrected chi connectivity index (χ4v) is 8.05. The topological polar surface area (TPSA) is 49.4 Å². The van der Waals surface area contributed by atoms with Crippen LogP contribution >= 0.6 is 7.26 Å². The van der Waals surface area contributed by atoms with Crippen molar-refractivity contribution in [2.75, 3.05) is 38.4 Å². The molecule has 0 aromatic rings. The predicted octanol–water partition coefficient (Wildman–Crippen LogP) is 4.59. The fourth-order valence-electron chi connectivity index (χ4n) is 2.76. The van der Waals surface area contributed by atoms with E-state index < -0.39 is 13.2 Å². The van der Waals surface area contributed by atoms with E-state index in [0.29, 0.717) is 0 Å². The first kappa shape index (κ1) is 25.1. The monoisotopic (exact) mass is 348 g/mol. The van der Waals surface area contributed by atoms with Crippen LogP contribution in [0.15, 0.2) is 0 Å². The Bertz CT molecular complexity index is 219. The molecule has 0 N–H and O–H groups in total. The molecular formula is C19H41O3P. The van der Waals surface area contributed by atoms with Crippen LogP contribution in [-0.2, 0) is 9.53 Å². The summed E-state index contributed by atoms with van der Waals surface area (Å²) in [7, 11) is 0.739. The Morgan fingerprint density at radius 2 is 1.09 bits per heavy atom. The van der Waals surface area contributed by atoms with E-state index in [9.17, 15) is 9.90 Å². The molecule has 0 atom stereocenters. The molecule has 0 spiro atoms. The van der Waals surface area contributed by atoms with Crippen molar-refractivity contribution in [2.45, 2.75) is 79.1 Å². The summed E-state index contributed by atoms with van der Waals surface area (Å²) in [5.74, 6) is -1.18. The highest BCUT2D eigenvalue weighted by atomic mass is 31.2. The smallest absolute Gasteiger partial charge is 0.0857 e. The van der Waals surface area contributed by atoms with E-state index in [4.69, 9.17) is 0 Å². The lowest BCUT2D eigenvalue weighted by molar-refractivity contribution is -0.309. The van der Waals surface area contributed by atoms with Gasteiger partial charge in [-0.2, -0.15) is 0 Å². The first-order chi connectivity index (χ1) is 11.0. The maximum atomic E-state index is 9.36. The fraction of sp³-hybridized carbons (Fsp3) is 0.947. The Morgan fingerprint density at radius 1 is 0.783 bits per heavy atom. The summed E-state index contributed by atoms with van der Waals surface area (Å²) in [6.45, 7) is 9.10. The van der Waals surface area contributed by atoms with Crippen molar-refractivity contribution in [3.05, 3.63) is 0 Å². The van der Waals surface area contributed by atoms with Crippen LogP contribution < -0.4 is 5.11 Å². The minimum atomic E-state index is -1.18. The predicted molar refractivity (Wildman–Crippen MR) is 103 cm³/mol. The van der Waals surface area contributed by atoms with E-state index in [1.54, 1.807) is 24.6 Å². The van der Waals surface area contributed by atoms with Gasteiger partial charge in [-0.25, -0.2) is 0 Å². The van der Waals surface area contributed by atoms with Crippen LogP contribution in [0, 0.1) is 0 Å². The van der Waals surface area contributed by atoms with Gasteiger partial charge in [0, 0.05) is 14.4 Å². The molecule has 0 saturated heterocycles. The van der Waals surface area contributed by atoms with Crippen molar-refractivity contribution in [3.63, 3.8) is 0 Å². The van der Waals surface area contributed by atoms with Gasteiger partial charge in [-0.1, -0.05) is 53.4 Å². The Labute approximate surface area is 145 Å². The maximum Gasteiger partial charge on any atom is 0.0857 e. The highest BCUT2D eigenvalue weighted by Crippen LogP contribution is 2.61. The van der Waals surface area contributed by atoms with E-state index in [-0.39, 0.29) is 6.61 Å². The van der Waals surface area contributed by atoms with Crippen molar-refractivity contribution in [1.29, 1.82) is 0 Å². The number of carboxylic acids is 1. The lowest BCUT2D eigenvalue weighted by Gasteiger charge is -2.28. The minimum Gasteiger partial charge on any atom is -0.548 e. The van der Waals surface area contributed by atoms with Crippen LogP contribution in [0.3, 0.4) is 0 Å². The molecule has 0 heterocycles. The van der Waals surface area contributed by atoms with Crippen molar-refractivity contribution in [1.82, 2.24) is 0 Å². The second-order valence-electron chi connectivity index (χ2n) is 6.46. The lowest BCUT2D eigenvalue weighted by atomic mass is 10.4. The highest BCUT2D eigenvalue weighted by molar-refractivity contribution is 7.75. The van der Waals surface area contributed by atoms with Gasteiger partial charge < -0.3 is 14.6 Å². The minimum absolute atomic E-state index is 0.319. The van der Waals surface area contributed by atoms with Gasteiger partial charge in [0.2, 0.25) is 0 Å². The molecule has 0 aliphatic carbocycles. The number of carboxylic acid groups (broad SMARTS) is 1. The number of ether oxygens (including phenoxy) is 1. The first-order valence-electron chi connectivity index (χ1n) is 9.55. The van der Waals surface area contributed by atoms with Gasteiger partial charge in [-0.3, -0.25) is 0 Å². The lowest BCUT2D eigenvalue weighted by Crippen LogP contribution is -2.26. The van der Waals surface area contributed by atoms with Gasteiger partial charge in [0.05, 0.1) is 37.2 Å². The van der Waals surface area contributed by atoms with Crippen LogP contribution in [0.2, 0.25) is 0 Å². The van der Waals surface area contributed by atoms with Gasteiger partial charge in [-0.05, 0) is 25.7 Å². The van der Waals surface area contributed by atoms with Crippen LogP contribution in [0.4, 0.5) is 0 Å². The van der Waals surface area contributed by atoms with E-state index in [2.05, 4.69) is 32.4 Å². The summed E-state index contributed by atoms with van der Waals surface area (Å²) < 4.78 is 4.14. The second kappa shape index (κ2) is 18.2. The van der Waals surface area contributed by atoms with Gasteiger partial charge in [0.15, 0.2) is 0 Å². The van der Waals surface area contributed by atoms with Crippen molar-refractivity contribution >= 4 is 13.2 Å². The number of aliphatic carboxylic acids is 1. The Morgan fingerprint density at radius 3 is 1.22 bits per heavy atom. The molecule has 0 aliphatic heterocycles. The average Bonchev–Trinajstić information content (AvgIpc) is 2.54. The zero-order valence-corrected chi connectivity index (χ0v) is 17.3. The van der Waals surface area contributed by atoms with Crippen molar-refractivity contribution in [2.24, 2.45) is 0 Å². The summed E-state index contributed by atoms with van der Waals surface area (Å²) in [6, 6.07) is 0. The van der Waals surface area contributed by atoms with Crippen LogP contribution in [0.1, 0.15) is 79.1 Å². The molecule has 0 fully saturated rings. The van der Waals surface area contributed by atoms with E-state index in [1.165, 1.54) is 58.5 Å². The third-order valence-electron chi connectivity index (χ3n) is 4.21. The summed E-state index contributed by atoms with van der Waals surface area (Å²) in [4.78, 5) is 9.36. The largest absolute Gasteiger partial charge is 0.548 e. The molecule has 0 bridgehead atoms. The number of hydrogen-bond acceptors (Lipinski definition) is 3. The third kappa shape index (κ3) is 16.5. The zero-order chi connectivity index (χ0) is 18.0. The zero-order valence-electron chi connectivity index (χ0n) is 16.4. The molecule has 0 unspecified atom stereocenters. The number of hydrogen-bond donors (Lipinski definition) is 0. The molecule has 0 aliphatic rings. The number of unbranched alkanes of at least 4 members (excludes halogenated alkanes) is 4. The van der Waals surface area contributed by atoms with Gasteiger partial charge in [0.25, 0.3) is 0 Å². The van der Waals surface area contributed by atoms with Gasteiger partial charge in [-0.15, -0.1) is 0 Å². The normalized spacial score (nSPS) is 11.0. The SMILES string of the molecule is CCCC[P+](CCCC)(CCCC)CCCC.COCC(=O)[O-]. The van der Waals surface area contributed by atoms with E-state index in [1.807, 2.05) is 0 Å². The van der Waals surface area contributed by atoms with E-state index in [0.717, 1.165) is 0 Å². The Hall–Kier alpha value is -0.140. The average molecular weight is 349 g/mol. The van der Waals surface area contributed by atoms with Gasteiger partial charge >= 0.3 is 0 Å². The molecule has 4 heteroatoms. The first-order valence-corrected chi connectivity index (χ1v) is 12.1. The number of carbonyl (C=O) groups excluding carboxylic acids is 1. The van der Waals surface area contributed by atoms with Crippen LogP contribution in [0.25, 0.3) is 0 Å². The summed E-state index contributed by atoms with van der Waals surface area (Å²) >= 11 is 0. The number of methoxy groups -OCH3 is 1. The third-order valence-corrected chi connectivity index (χ3v) is 9.27. The molecule has 140 valence electrons. The highest BCUT2D eigenvalue weighted by Gasteiger charge is 2.34. The van der Waals surface area contributed by atoms with E-state index >= 15 is 0 Å². The molecule has 0 saturated carbocycles. The molecular weight excluding hydrogens is 307 g/mol. The van der Waals surface area contributed by atoms with Gasteiger partial charge in [0.1, 0.15) is 0 Å². The maximum absolute atomic E-state index is 9.36. The Kier molecular flexibility index (Phi) is 19.9. The quantitative estimate of drug-likeness (QED) is 0.432. The molecule has 0 radical (unpaired) electrons. The van der Waals surface area contributed by atoms with Crippen LogP contribution in [-0.4, -0.2) is 44.3 Å². The summed E-state index contributed by atoms with van der Waals surface area (Å²) in [5, 5.41) is 9.36. The van der Waals surface area contributed by atoms with Crippen molar-refractivity contribution < 1.29 is 14.6 Å².